The molecule has 0 bridgehead atoms. The van der Waals surface area contributed by atoms with Gasteiger partial charge in [0.2, 0.25) is 0 Å². The first-order valence-electron chi connectivity index (χ1n) is 6.17. The summed E-state index contributed by atoms with van der Waals surface area (Å²) in [7, 11) is 0. The van der Waals surface area contributed by atoms with Gasteiger partial charge in [-0.3, -0.25) is 0 Å². The average molecular weight is 214 g/mol. The molecule has 15 heavy (non-hydrogen) atoms. The van der Waals surface area contributed by atoms with Gasteiger partial charge in [-0.15, -0.1) is 0 Å². The smallest absolute Gasteiger partial charge is 0.315 e. The Labute approximate surface area is 94.0 Å². The van der Waals surface area contributed by atoms with E-state index in [1.54, 1.807) is 0 Å². The lowest BCUT2D eigenvalue weighted by Crippen LogP contribution is -2.44. The normalized spacial score (nSPS) is 12.6. The van der Waals surface area contributed by atoms with Crippen LogP contribution in [0.4, 0.5) is 4.79 Å². The van der Waals surface area contributed by atoms with Crippen molar-refractivity contribution in [1.29, 1.82) is 0 Å². The summed E-state index contributed by atoms with van der Waals surface area (Å²) in [5.41, 5.74) is 0. The van der Waals surface area contributed by atoms with Gasteiger partial charge in [-0.05, 0) is 26.7 Å². The van der Waals surface area contributed by atoms with Crippen molar-refractivity contribution in [1.82, 2.24) is 10.6 Å². The third-order valence-electron chi connectivity index (χ3n) is 2.30. The highest BCUT2D eigenvalue weighted by Gasteiger charge is 2.10. The van der Waals surface area contributed by atoms with Crippen LogP contribution in [0.1, 0.15) is 59.8 Å². The van der Waals surface area contributed by atoms with E-state index in [0.717, 1.165) is 19.3 Å². The molecule has 0 aromatic rings. The van der Waals surface area contributed by atoms with E-state index in [-0.39, 0.29) is 12.1 Å². The van der Waals surface area contributed by atoms with Gasteiger partial charge < -0.3 is 10.6 Å². The van der Waals surface area contributed by atoms with Gasteiger partial charge in [-0.25, -0.2) is 4.79 Å². The van der Waals surface area contributed by atoms with E-state index in [1.165, 1.54) is 12.8 Å². The van der Waals surface area contributed by atoms with Gasteiger partial charge in [-0.2, -0.15) is 0 Å². The second-order valence-electron chi connectivity index (χ2n) is 4.40. The molecule has 0 aromatic carbocycles. The zero-order chi connectivity index (χ0) is 11.7. The maximum atomic E-state index is 11.5. The second-order valence-corrected chi connectivity index (χ2v) is 4.40. The fourth-order valence-electron chi connectivity index (χ4n) is 1.58. The number of unbranched alkanes of at least 4 members (excludes halogenated alkanes) is 1. The number of amides is 2. The Morgan fingerprint density at radius 3 is 2.20 bits per heavy atom. The number of carbonyl (C=O) groups is 1. The van der Waals surface area contributed by atoms with Crippen molar-refractivity contribution in [2.75, 3.05) is 0 Å². The molecule has 0 aliphatic rings. The SMILES string of the molecule is CCCCC(CCC)NC(=O)NC(C)C. The molecule has 90 valence electrons. The Kier molecular flexibility index (Phi) is 8.15. The minimum atomic E-state index is -0.0282. The summed E-state index contributed by atoms with van der Waals surface area (Å²) in [5, 5.41) is 5.89. The number of hydrogen-bond acceptors (Lipinski definition) is 1. The van der Waals surface area contributed by atoms with E-state index in [1.807, 2.05) is 13.8 Å². The van der Waals surface area contributed by atoms with Crippen LogP contribution >= 0.6 is 0 Å². The van der Waals surface area contributed by atoms with Crippen molar-refractivity contribution >= 4 is 6.03 Å². The molecule has 3 heteroatoms. The van der Waals surface area contributed by atoms with Gasteiger partial charge >= 0.3 is 6.03 Å². The molecule has 0 saturated carbocycles. The molecule has 0 radical (unpaired) electrons. The average Bonchev–Trinajstić information content (AvgIpc) is 2.13. The lowest BCUT2D eigenvalue weighted by atomic mass is 10.1. The number of nitrogens with one attached hydrogen (secondary N) is 2. The molecule has 0 saturated heterocycles. The third-order valence-corrected chi connectivity index (χ3v) is 2.30. The van der Waals surface area contributed by atoms with Crippen LogP contribution in [0.3, 0.4) is 0 Å². The molecule has 1 atom stereocenters. The van der Waals surface area contributed by atoms with Gasteiger partial charge in [0.15, 0.2) is 0 Å². The van der Waals surface area contributed by atoms with Gasteiger partial charge in [0.1, 0.15) is 0 Å². The maximum absolute atomic E-state index is 11.5. The summed E-state index contributed by atoms with van der Waals surface area (Å²) in [5.74, 6) is 0. The molecule has 3 nitrogen and oxygen atoms in total. The Hall–Kier alpha value is -0.730. The Morgan fingerprint density at radius 1 is 1.07 bits per heavy atom. The van der Waals surface area contributed by atoms with Crippen molar-refractivity contribution < 1.29 is 4.79 Å². The van der Waals surface area contributed by atoms with E-state index in [0.29, 0.717) is 6.04 Å². The van der Waals surface area contributed by atoms with Crippen LogP contribution in [0.5, 0.6) is 0 Å². The standard InChI is InChI=1S/C12H26N2O/c1-5-7-9-11(8-6-2)14-12(15)13-10(3)4/h10-11H,5-9H2,1-4H3,(H2,13,14,15). The number of urea groups is 1. The van der Waals surface area contributed by atoms with Crippen LogP contribution in [0.25, 0.3) is 0 Å². The van der Waals surface area contributed by atoms with Crippen molar-refractivity contribution in [3.8, 4) is 0 Å². The van der Waals surface area contributed by atoms with Crippen molar-refractivity contribution in [2.24, 2.45) is 0 Å². The molecule has 0 spiro atoms. The highest BCUT2D eigenvalue weighted by Crippen LogP contribution is 2.06. The van der Waals surface area contributed by atoms with Crippen molar-refractivity contribution in [3.05, 3.63) is 0 Å². The van der Waals surface area contributed by atoms with E-state index >= 15 is 0 Å². The zero-order valence-corrected chi connectivity index (χ0v) is 10.6. The Bertz CT molecular complexity index is 169. The molecule has 0 fully saturated rings. The van der Waals surface area contributed by atoms with Crippen LogP contribution in [0, 0.1) is 0 Å². The predicted molar refractivity (Wildman–Crippen MR) is 65.0 cm³/mol. The minimum Gasteiger partial charge on any atom is -0.336 e. The summed E-state index contributed by atoms with van der Waals surface area (Å²) in [6.45, 7) is 8.28. The van der Waals surface area contributed by atoms with Crippen LogP contribution in [-0.4, -0.2) is 18.1 Å². The maximum Gasteiger partial charge on any atom is 0.315 e. The Balaban J connectivity index is 3.86. The summed E-state index contributed by atoms with van der Waals surface area (Å²) in [6.07, 6.45) is 5.66. The molecule has 0 rings (SSSR count). The van der Waals surface area contributed by atoms with Crippen molar-refractivity contribution in [2.45, 2.75) is 71.9 Å². The van der Waals surface area contributed by atoms with Crippen LogP contribution in [0.2, 0.25) is 0 Å². The molecule has 0 aromatic heterocycles. The summed E-state index contributed by atoms with van der Waals surface area (Å²) < 4.78 is 0. The molecular weight excluding hydrogens is 188 g/mol. The fourth-order valence-corrected chi connectivity index (χ4v) is 1.58. The highest BCUT2D eigenvalue weighted by molar-refractivity contribution is 5.74. The number of hydrogen-bond donors (Lipinski definition) is 2. The van der Waals surface area contributed by atoms with Gasteiger partial charge in [0.05, 0.1) is 0 Å². The third kappa shape index (κ3) is 8.28. The molecular formula is C12H26N2O. The van der Waals surface area contributed by atoms with Crippen LogP contribution in [0.15, 0.2) is 0 Å². The first kappa shape index (κ1) is 14.3. The summed E-state index contributed by atoms with van der Waals surface area (Å²) >= 11 is 0. The number of rotatable bonds is 7. The highest BCUT2D eigenvalue weighted by atomic mass is 16.2. The predicted octanol–water partition coefficient (Wildman–Crippen LogP) is 3.05. The topological polar surface area (TPSA) is 41.1 Å². The summed E-state index contributed by atoms with van der Waals surface area (Å²) in [4.78, 5) is 11.5. The first-order valence-corrected chi connectivity index (χ1v) is 6.17. The van der Waals surface area contributed by atoms with E-state index in [4.69, 9.17) is 0 Å². The Morgan fingerprint density at radius 2 is 1.73 bits per heavy atom. The van der Waals surface area contributed by atoms with E-state index < -0.39 is 0 Å². The molecule has 1 unspecified atom stereocenters. The molecule has 2 amide bonds. The van der Waals surface area contributed by atoms with Crippen LogP contribution in [-0.2, 0) is 0 Å². The molecule has 2 N–H and O–H groups in total. The lowest BCUT2D eigenvalue weighted by molar-refractivity contribution is 0.232. The quantitative estimate of drug-likeness (QED) is 0.672. The summed E-state index contributed by atoms with van der Waals surface area (Å²) in [6, 6.07) is 0.520. The second kappa shape index (κ2) is 8.57. The van der Waals surface area contributed by atoms with Gasteiger partial charge in [-0.1, -0.05) is 33.1 Å². The molecule has 0 aliphatic carbocycles. The zero-order valence-electron chi connectivity index (χ0n) is 10.6. The van der Waals surface area contributed by atoms with E-state index in [2.05, 4.69) is 24.5 Å². The first-order chi connectivity index (χ1) is 7.10. The monoisotopic (exact) mass is 214 g/mol. The number of carbonyl (C=O) groups excluding carboxylic acids is 1. The minimum absolute atomic E-state index is 0.0282. The fraction of sp³-hybridized carbons (Fsp3) is 0.917. The molecule has 0 heterocycles. The van der Waals surface area contributed by atoms with Crippen LogP contribution < -0.4 is 10.6 Å². The largest absolute Gasteiger partial charge is 0.336 e. The molecule has 0 aliphatic heterocycles. The van der Waals surface area contributed by atoms with Crippen molar-refractivity contribution in [3.63, 3.8) is 0 Å². The van der Waals surface area contributed by atoms with E-state index in [9.17, 15) is 4.79 Å². The van der Waals surface area contributed by atoms with Gasteiger partial charge in [0, 0.05) is 12.1 Å². The lowest BCUT2D eigenvalue weighted by Gasteiger charge is -2.19. The van der Waals surface area contributed by atoms with Gasteiger partial charge in [0.25, 0.3) is 0 Å².